The molecule has 21 heavy (non-hydrogen) atoms. The molecule has 2 fully saturated rings. The van der Waals surface area contributed by atoms with Crippen molar-refractivity contribution in [1.82, 2.24) is 9.80 Å². The van der Waals surface area contributed by atoms with E-state index in [2.05, 4.69) is 0 Å². The van der Waals surface area contributed by atoms with Gasteiger partial charge >= 0.3 is 0 Å². The van der Waals surface area contributed by atoms with Gasteiger partial charge in [0, 0.05) is 37.7 Å². The average molecular weight is 294 g/mol. The Balaban J connectivity index is 1.63. The van der Waals surface area contributed by atoms with Gasteiger partial charge in [-0.15, -0.1) is 0 Å². The average Bonchev–Trinajstić information content (AvgIpc) is 2.83. The van der Waals surface area contributed by atoms with Gasteiger partial charge in [-0.3, -0.25) is 14.5 Å². The molecule has 0 aliphatic carbocycles. The maximum Gasteiger partial charge on any atom is 0.222 e. The number of carbonyl (C=O) groups is 2. The molecule has 2 aliphatic heterocycles. The monoisotopic (exact) mass is 294 g/mol. The minimum atomic E-state index is -1.01. The lowest BCUT2D eigenvalue weighted by Crippen LogP contribution is -2.52. The molecule has 1 atom stereocenters. The van der Waals surface area contributed by atoms with Gasteiger partial charge in [-0.25, -0.2) is 8.78 Å². The number of Topliss-reactive ketones (excluding diaryl/α,β-unsaturated/α-hetero) is 1. The number of amides is 1. The fourth-order valence-electron chi connectivity index (χ4n) is 3.04. The number of nitrogens with zero attached hydrogens (tertiary/aromatic N) is 2. The van der Waals surface area contributed by atoms with Crippen LogP contribution >= 0.6 is 0 Å². The molecule has 2 heterocycles. The van der Waals surface area contributed by atoms with E-state index in [4.69, 9.17) is 0 Å². The third-order valence-electron chi connectivity index (χ3n) is 4.19. The summed E-state index contributed by atoms with van der Waals surface area (Å²) in [5.41, 5.74) is 0.179. The second kappa shape index (κ2) is 5.52. The van der Waals surface area contributed by atoms with Crippen molar-refractivity contribution in [3.05, 3.63) is 35.4 Å². The Hall–Kier alpha value is -1.82. The molecule has 2 aliphatic rings. The van der Waals surface area contributed by atoms with Gasteiger partial charge in [-0.2, -0.15) is 0 Å². The van der Waals surface area contributed by atoms with Crippen molar-refractivity contribution in [2.24, 2.45) is 0 Å². The van der Waals surface area contributed by atoms with Gasteiger partial charge in [0.05, 0.1) is 6.54 Å². The van der Waals surface area contributed by atoms with Crippen LogP contribution in [-0.2, 0) is 4.79 Å². The topological polar surface area (TPSA) is 40.6 Å². The highest BCUT2D eigenvalue weighted by molar-refractivity contribution is 5.97. The lowest BCUT2D eigenvalue weighted by Gasteiger charge is -2.37. The van der Waals surface area contributed by atoms with Gasteiger partial charge in [-0.05, 0) is 24.6 Å². The van der Waals surface area contributed by atoms with Gasteiger partial charge in [0.2, 0.25) is 5.91 Å². The standard InChI is InChI=1S/C15H16F2N2O2/c16-12-3-1-10(7-13(12)17)14(20)9-18-5-6-19-11(8-18)2-4-15(19)21/h1,3,7,11H,2,4-6,8-9H2. The van der Waals surface area contributed by atoms with Crippen LogP contribution in [0.15, 0.2) is 18.2 Å². The maximum atomic E-state index is 13.2. The van der Waals surface area contributed by atoms with Crippen LogP contribution in [0.2, 0.25) is 0 Å². The molecule has 0 radical (unpaired) electrons. The second-order valence-electron chi connectivity index (χ2n) is 5.57. The molecule has 0 spiro atoms. The molecule has 3 rings (SSSR count). The normalized spacial score (nSPS) is 22.5. The third kappa shape index (κ3) is 2.81. The Morgan fingerprint density at radius 3 is 2.81 bits per heavy atom. The van der Waals surface area contributed by atoms with E-state index in [1.54, 1.807) is 0 Å². The molecule has 1 amide bonds. The Bertz CT molecular complexity index is 591. The molecule has 0 N–H and O–H groups in total. The summed E-state index contributed by atoms with van der Waals surface area (Å²) in [5, 5.41) is 0. The molecule has 112 valence electrons. The molecular weight excluding hydrogens is 278 g/mol. The quantitative estimate of drug-likeness (QED) is 0.792. The second-order valence-corrected chi connectivity index (χ2v) is 5.57. The summed E-state index contributed by atoms with van der Waals surface area (Å²) in [6.45, 7) is 2.11. The zero-order valence-corrected chi connectivity index (χ0v) is 11.5. The number of piperazine rings is 1. The van der Waals surface area contributed by atoms with Crippen molar-refractivity contribution in [2.75, 3.05) is 26.2 Å². The maximum absolute atomic E-state index is 13.2. The fourth-order valence-corrected chi connectivity index (χ4v) is 3.04. The number of hydrogen-bond acceptors (Lipinski definition) is 3. The molecule has 4 nitrogen and oxygen atoms in total. The predicted molar refractivity (Wildman–Crippen MR) is 71.9 cm³/mol. The number of ketones is 1. The van der Waals surface area contributed by atoms with Crippen LogP contribution in [-0.4, -0.2) is 53.7 Å². The van der Waals surface area contributed by atoms with Crippen molar-refractivity contribution in [2.45, 2.75) is 18.9 Å². The van der Waals surface area contributed by atoms with E-state index in [-0.39, 0.29) is 29.8 Å². The van der Waals surface area contributed by atoms with Crippen LogP contribution in [0.25, 0.3) is 0 Å². The number of rotatable bonds is 3. The Morgan fingerprint density at radius 2 is 2.05 bits per heavy atom. The highest BCUT2D eigenvalue weighted by Gasteiger charge is 2.35. The predicted octanol–water partition coefficient (Wildman–Crippen LogP) is 1.45. The van der Waals surface area contributed by atoms with E-state index < -0.39 is 11.6 Å². The van der Waals surface area contributed by atoms with Crippen LogP contribution in [0, 0.1) is 11.6 Å². The SMILES string of the molecule is O=C(CN1CCN2C(=O)CCC2C1)c1ccc(F)c(F)c1. The lowest BCUT2D eigenvalue weighted by molar-refractivity contribution is -0.130. The van der Waals surface area contributed by atoms with E-state index in [1.807, 2.05) is 9.80 Å². The van der Waals surface area contributed by atoms with Crippen molar-refractivity contribution < 1.29 is 18.4 Å². The number of carbonyl (C=O) groups excluding carboxylic acids is 2. The molecule has 1 unspecified atom stereocenters. The van der Waals surface area contributed by atoms with Gasteiger partial charge in [0.15, 0.2) is 17.4 Å². The summed E-state index contributed by atoms with van der Waals surface area (Å²) in [6, 6.07) is 3.39. The number of benzene rings is 1. The van der Waals surface area contributed by atoms with Gasteiger partial charge in [0.1, 0.15) is 0 Å². The van der Waals surface area contributed by atoms with Crippen molar-refractivity contribution >= 4 is 11.7 Å². The third-order valence-corrected chi connectivity index (χ3v) is 4.19. The molecular formula is C15H16F2N2O2. The minimum absolute atomic E-state index is 0.170. The first kappa shape index (κ1) is 14.1. The van der Waals surface area contributed by atoms with E-state index in [9.17, 15) is 18.4 Å². The summed E-state index contributed by atoms with van der Waals surface area (Å²) in [5.74, 6) is -2.00. The van der Waals surface area contributed by atoms with E-state index >= 15 is 0 Å². The van der Waals surface area contributed by atoms with Crippen molar-refractivity contribution in [3.63, 3.8) is 0 Å². The smallest absolute Gasteiger partial charge is 0.222 e. The molecule has 0 aromatic heterocycles. The van der Waals surface area contributed by atoms with Gasteiger partial charge in [0.25, 0.3) is 0 Å². The first-order valence-electron chi connectivity index (χ1n) is 7.04. The first-order valence-corrected chi connectivity index (χ1v) is 7.04. The fraction of sp³-hybridized carbons (Fsp3) is 0.467. The number of halogens is 2. The summed E-state index contributed by atoms with van der Waals surface area (Å²) < 4.78 is 26.0. The molecule has 6 heteroatoms. The first-order chi connectivity index (χ1) is 10.0. The van der Waals surface area contributed by atoms with Crippen LogP contribution in [0.1, 0.15) is 23.2 Å². The van der Waals surface area contributed by atoms with Crippen LogP contribution in [0.4, 0.5) is 8.78 Å². The Morgan fingerprint density at radius 1 is 1.24 bits per heavy atom. The van der Waals surface area contributed by atoms with E-state index in [0.717, 1.165) is 18.6 Å². The van der Waals surface area contributed by atoms with Gasteiger partial charge < -0.3 is 4.90 Å². The summed E-state index contributed by atoms with van der Waals surface area (Å²) in [7, 11) is 0. The Kier molecular flexibility index (Phi) is 3.71. The van der Waals surface area contributed by atoms with Crippen LogP contribution < -0.4 is 0 Å². The number of hydrogen-bond donors (Lipinski definition) is 0. The largest absolute Gasteiger partial charge is 0.337 e. The van der Waals surface area contributed by atoms with Crippen molar-refractivity contribution in [3.8, 4) is 0 Å². The van der Waals surface area contributed by atoms with Crippen LogP contribution in [0.5, 0.6) is 0 Å². The number of fused-ring (bicyclic) bond motifs is 1. The molecule has 0 saturated carbocycles. The summed E-state index contributed by atoms with van der Waals surface area (Å²) >= 11 is 0. The summed E-state index contributed by atoms with van der Waals surface area (Å²) in [4.78, 5) is 27.6. The minimum Gasteiger partial charge on any atom is -0.337 e. The van der Waals surface area contributed by atoms with Crippen molar-refractivity contribution in [1.29, 1.82) is 0 Å². The summed E-state index contributed by atoms with van der Waals surface area (Å²) in [6.07, 6.45) is 1.41. The van der Waals surface area contributed by atoms with E-state index in [1.165, 1.54) is 6.07 Å². The van der Waals surface area contributed by atoms with Gasteiger partial charge in [-0.1, -0.05) is 0 Å². The molecule has 0 bridgehead atoms. The highest BCUT2D eigenvalue weighted by Crippen LogP contribution is 2.23. The lowest BCUT2D eigenvalue weighted by atomic mass is 10.1. The zero-order valence-electron chi connectivity index (χ0n) is 11.5. The van der Waals surface area contributed by atoms with E-state index in [0.29, 0.717) is 26.1 Å². The Labute approximate surface area is 121 Å². The van der Waals surface area contributed by atoms with Crippen LogP contribution in [0.3, 0.4) is 0 Å². The highest BCUT2D eigenvalue weighted by atomic mass is 19.2. The molecule has 1 aromatic carbocycles. The molecule has 1 aromatic rings. The molecule has 2 saturated heterocycles. The zero-order chi connectivity index (χ0) is 15.0.